The van der Waals surface area contributed by atoms with Crippen LogP contribution in [-0.4, -0.2) is 18.5 Å². The SMILES string of the molecule is CCCCP(Br)(Br)(CCC)CCC. The minimum absolute atomic E-state index is 1.29. The van der Waals surface area contributed by atoms with Crippen molar-refractivity contribution in [2.75, 3.05) is 18.5 Å². The molecule has 0 N–H and O–H groups in total. The van der Waals surface area contributed by atoms with Gasteiger partial charge >= 0.3 is 99.9 Å². The minimum atomic E-state index is -1.61. The fourth-order valence-electron chi connectivity index (χ4n) is 1.81. The van der Waals surface area contributed by atoms with E-state index in [9.17, 15) is 0 Å². The first-order chi connectivity index (χ1) is 5.96. The van der Waals surface area contributed by atoms with Crippen LogP contribution < -0.4 is 0 Å². The zero-order chi connectivity index (χ0) is 10.4. The number of hydrogen-bond donors (Lipinski definition) is 0. The fourth-order valence-corrected chi connectivity index (χ4v) is 11.2. The Balaban J connectivity index is 4.28. The van der Waals surface area contributed by atoms with Gasteiger partial charge in [-0.3, -0.25) is 0 Å². The normalized spacial score (nSPS) is 15.3. The zero-order valence-corrected chi connectivity index (χ0v) is 13.2. The van der Waals surface area contributed by atoms with Gasteiger partial charge in [0.05, 0.1) is 0 Å². The molecule has 0 fully saturated rings. The molecule has 0 unspecified atom stereocenters. The first-order valence-corrected chi connectivity index (χ1v) is 12.2. The van der Waals surface area contributed by atoms with E-state index in [1.807, 2.05) is 0 Å². The van der Waals surface area contributed by atoms with Gasteiger partial charge in [-0.25, -0.2) is 0 Å². The number of hydrogen-bond acceptors (Lipinski definition) is 0. The van der Waals surface area contributed by atoms with Gasteiger partial charge in [-0.1, -0.05) is 0 Å². The molecule has 0 atom stereocenters. The average molecular weight is 334 g/mol. The van der Waals surface area contributed by atoms with E-state index in [1.54, 1.807) is 0 Å². The predicted molar refractivity (Wildman–Crippen MR) is 74.9 cm³/mol. The monoisotopic (exact) mass is 332 g/mol. The molecule has 0 radical (unpaired) electrons. The van der Waals surface area contributed by atoms with E-state index >= 15 is 0 Å². The molecule has 13 heavy (non-hydrogen) atoms. The molecule has 0 aliphatic rings. The van der Waals surface area contributed by atoms with Crippen LogP contribution in [-0.2, 0) is 0 Å². The third-order valence-corrected chi connectivity index (χ3v) is 12.9. The van der Waals surface area contributed by atoms with Crippen LogP contribution in [0.1, 0.15) is 46.5 Å². The molecule has 0 spiro atoms. The van der Waals surface area contributed by atoms with Gasteiger partial charge in [0.25, 0.3) is 0 Å². The van der Waals surface area contributed by atoms with Gasteiger partial charge in [0.1, 0.15) is 0 Å². The summed E-state index contributed by atoms with van der Waals surface area (Å²) in [7, 11) is 0. The van der Waals surface area contributed by atoms with E-state index in [0.29, 0.717) is 0 Å². The van der Waals surface area contributed by atoms with Crippen LogP contribution in [0.5, 0.6) is 0 Å². The summed E-state index contributed by atoms with van der Waals surface area (Å²) in [6, 6.07) is 0. The van der Waals surface area contributed by atoms with Crippen molar-refractivity contribution in [3.63, 3.8) is 0 Å². The Morgan fingerprint density at radius 2 is 1.23 bits per heavy atom. The van der Waals surface area contributed by atoms with Gasteiger partial charge in [0.2, 0.25) is 0 Å². The third-order valence-electron chi connectivity index (χ3n) is 2.41. The Morgan fingerprint density at radius 1 is 0.769 bits per heavy atom. The summed E-state index contributed by atoms with van der Waals surface area (Å²) in [6.07, 6.45) is 9.30. The van der Waals surface area contributed by atoms with Crippen LogP contribution in [0.3, 0.4) is 0 Å². The molecular weight excluding hydrogens is 311 g/mol. The zero-order valence-electron chi connectivity index (χ0n) is 9.15. The van der Waals surface area contributed by atoms with Crippen molar-refractivity contribution in [3.05, 3.63) is 0 Å². The van der Waals surface area contributed by atoms with E-state index in [4.69, 9.17) is 0 Å². The summed E-state index contributed by atoms with van der Waals surface area (Å²) in [5, 5.41) is 0. The Morgan fingerprint density at radius 3 is 1.54 bits per heavy atom. The van der Waals surface area contributed by atoms with E-state index in [1.165, 1.54) is 44.2 Å². The first kappa shape index (κ1) is 14.4. The van der Waals surface area contributed by atoms with E-state index in [0.717, 1.165) is 0 Å². The Hall–Kier alpha value is 1.39. The van der Waals surface area contributed by atoms with Crippen molar-refractivity contribution in [2.24, 2.45) is 0 Å². The molecule has 0 aliphatic heterocycles. The number of halogens is 2. The van der Waals surface area contributed by atoms with Crippen molar-refractivity contribution in [1.29, 1.82) is 0 Å². The first-order valence-electron chi connectivity index (χ1n) is 5.41. The molecule has 0 bridgehead atoms. The quantitative estimate of drug-likeness (QED) is 0.518. The maximum atomic E-state index is 4.06. The van der Waals surface area contributed by atoms with Crippen molar-refractivity contribution in [1.82, 2.24) is 0 Å². The molecule has 3 heteroatoms. The van der Waals surface area contributed by atoms with Crippen LogP contribution in [0.15, 0.2) is 0 Å². The molecule has 0 saturated heterocycles. The van der Waals surface area contributed by atoms with Crippen LogP contribution in [0, 0.1) is 0 Å². The Kier molecular flexibility index (Phi) is 6.73. The van der Waals surface area contributed by atoms with E-state index < -0.39 is 4.01 Å². The molecular formula is C10H23Br2P. The van der Waals surface area contributed by atoms with E-state index in [2.05, 4.69) is 51.7 Å². The van der Waals surface area contributed by atoms with E-state index in [-0.39, 0.29) is 0 Å². The van der Waals surface area contributed by atoms with Gasteiger partial charge < -0.3 is 0 Å². The molecule has 0 aromatic heterocycles. The number of unbranched alkanes of at least 4 members (excludes halogenated alkanes) is 1. The Bertz CT molecular complexity index is 136. The summed E-state index contributed by atoms with van der Waals surface area (Å²) in [6.45, 7) is 6.84. The van der Waals surface area contributed by atoms with Gasteiger partial charge in [-0.15, -0.1) is 0 Å². The standard InChI is InChI=1S/C10H23Br2P/c1-4-7-10-13(11,12,8-5-2)9-6-3/h4-10H2,1-3H3. The maximum absolute atomic E-state index is 4.06. The predicted octanol–water partition coefficient (Wildman–Crippen LogP) is 5.78. The van der Waals surface area contributed by atoms with Crippen molar-refractivity contribution in [2.45, 2.75) is 46.5 Å². The van der Waals surface area contributed by atoms with Crippen LogP contribution >= 0.6 is 35.0 Å². The molecule has 0 aliphatic carbocycles. The molecule has 0 aromatic rings. The summed E-state index contributed by atoms with van der Waals surface area (Å²) in [5.74, 6) is 0. The summed E-state index contributed by atoms with van der Waals surface area (Å²) < 4.78 is -1.61. The molecule has 0 amide bonds. The fraction of sp³-hybridized carbons (Fsp3) is 1.00. The molecule has 0 rings (SSSR count). The van der Waals surface area contributed by atoms with Crippen LogP contribution in [0.25, 0.3) is 0 Å². The van der Waals surface area contributed by atoms with Gasteiger partial charge in [-0.05, 0) is 0 Å². The van der Waals surface area contributed by atoms with Gasteiger partial charge in [0, 0.05) is 0 Å². The molecule has 0 heterocycles. The Labute approximate surface area is 99.7 Å². The second-order valence-electron chi connectivity index (χ2n) is 3.98. The second-order valence-corrected chi connectivity index (χ2v) is 22.2. The topological polar surface area (TPSA) is 0 Å². The average Bonchev–Trinajstić information content (AvgIpc) is 2.02. The molecule has 82 valence electrons. The number of rotatable bonds is 7. The van der Waals surface area contributed by atoms with Crippen LogP contribution in [0.4, 0.5) is 0 Å². The summed E-state index contributed by atoms with van der Waals surface area (Å²) >= 11 is 8.12. The second kappa shape index (κ2) is 6.08. The van der Waals surface area contributed by atoms with Crippen molar-refractivity contribution in [3.8, 4) is 0 Å². The van der Waals surface area contributed by atoms with Crippen molar-refractivity contribution < 1.29 is 0 Å². The van der Waals surface area contributed by atoms with Gasteiger partial charge in [-0.2, -0.15) is 0 Å². The summed E-state index contributed by atoms with van der Waals surface area (Å²) in [5.41, 5.74) is 0. The molecule has 0 nitrogen and oxygen atoms in total. The third kappa shape index (κ3) is 5.74. The van der Waals surface area contributed by atoms with Crippen LogP contribution in [0.2, 0.25) is 0 Å². The van der Waals surface area contributed by atoms with Gasteiger partial charge in [0.15, 0.2) is 0 Å². The van der Waals surface area contributed by atoms with Crippen molar-refractivity contribution >= 4 is 35.0 Å². The summed E-state index contributed by atoms with van der Waals surface area (Å²) in [4.78, 5) is 0. The molecule has 0 aromatic carbocycles. The molecule has 0 saturated carbocycles.